The quantitative estimate of drug-likeness (QED) is 0.743. The average molecular weight is 311 g/mol. The van der Waals surface area contributed by atoms with Gasteiger partial charge in [0.05, 0.1) is 12.1 Å². The minimum atomic E-state index is -0.211. The van der Waals surface area contributed by atoms with E-state index >= 15 is 0 Å². The molecule has 0 N–H and O–H groups in total. The van der Waals surface area contributed by atoms with Crippen molar-refractivity contribution < 1.29 is 4.39 Å². The van der Waals surface area contributed by atoms with Crippen LogP contribution in [0.15, 0.2) is 43.1 Å². The lowest BCUT2D eigenvalue weighted by atomic mass is 10.1. The second-order valence-corrected chi connectivity index (χ2v) is 5.99. The molecule has 1 aliphatic heterocycles. The highest BCUT2D eigenvalue weighted by Crippen LogP contribution is 2.25. The molecule has 6 heteroatoms. The molecule has 0 radical (unpaired) electrons. The minimum absolute atomic E-state index is 0.211. The number of hydrogen-bond donors (Lipinski definition) is 0. The number of fused-ring (bicyclic) bond motifs is 1. The zero-order valence-corrected chi connectivity index (χ0v) is 12.8. The molecule has 1 atom stereocenters. The normalized spacial score (nSPS) is 18.7. The molecule has 1 aromatic carbocycles. The number of pyridine rings is 1. The van der Waals surface area contributed by atoms with Crippen molar-refractivity contribution in [1.29, 1.82) is 0 Å². The van der Waals surface area contributed by atoms with E-state index in [0.29, 0.717) is 11.4 Å². The Morgan fingerprint density at radius 3 is 3.09 bits per heavy atom. The third-order valence-corrected chi connectivity index (χ3v) is 4.54. The SMILES string of the molecule is Fc1ccc(CN2CCC[C@H]2Cn2cncn2)c2ncccc12. The van der Waals surface area contributed by atoms with Crippen LogP contribution < -0.4 is 0 Å². The van der Waals surface area contributed by atoms with Gasteiger partial charge in [-0.1, -0.05) is 6.07 Å². The van der Waals surface area contributed by atoms with E-state index in [1.54, 1.807) is 37.1 Å². The molecule has 1 aliphatic rings. The lowest BCUT2D eigenvalue weighted by Gasteiger charge is -2.24. The Morgan fingerprint density at radius 2 is 2.22 bits per heavy atom. The first-order valence-corrected chi connectivity index (χ1v) is 7.90. The van der Waals surface area contributed by atoms with Crippen molar-refractivity contribution in [3.05, 3.63) is 54.5 Å². The second-order valence-electron chi connectivity index (χ2n) is 5.99. The Hall–Kier alpha value is -2.34. The molecule has 1 saturated heterocycles. The van der Waals surface area contributed by atoms with Crippen LogP contribution in [0.3, 0.4) is 0 Å². The average Bonchev–Trinajstić information content (AvgIpc) is 3.23. The molecule has 1 fully saturated rings. The number of benzene rings is 1. The Morgan fingerprint density at radius 1 is 1.26 bits per heavy atom. The van der Waals surface area contributed by atoms with Crippen molar-refractivity contribution in [2.24, 2.45) is 0 Å². The van der Waals surface area contributed by atoms with Gasteiger partial charge >= 0.3 is 0 Å². The molecule has 5 nitrogen and oxygen atoms in total. The summed E-state index contributed by atoms with van der Waals surface area (Å²) in [6.07, 6.45) is 7.36. The summed E-state index contributed by atoms with van der Waals surface area (Å²) in [6, 6.07) is 7.40. The molecule has 118 valence electrons. The van der Waals surface area contributed by atoms with E-state index in [1.165, 1.54) is 6.42 Å². The Bertz CT molecular complexity index is 802. The standard InChI is InChI=1S/C17H18FN5/c18-16-6-5-13(17-15(16)4-1-7-20-17)9-22-8-2-3-14(22)10-23-12-19-11-21-23/h1,4-7,11-12,14H,2-3,8-10H2/t14-/m0/s1. The van der Waals surface area contributed by atoms with Crippen LogP contribution in [0.2, 0.25) is 0 Å². The first-order chi connectivity index (χ1) is 11.3. The van der Waals surface area contributed by atoms with Gasteiger partial charge in [-0.05, 0) is 43.1 Å². The first-order valence-electron chi connectivity index (χ1n) is 7.90. The molecule has 3 aromatic rings. The van der Waals surface area contributed by atoms with E-state index in [-0.39, 0.29) is 5.82 Å². The van der Waals surface area contributed by atoms with Gasteiger partial charge < -0.3 is 0 Å². The highest BCUT2D eigenvalue weighted by molar-refractivity contribution is 5.82. The van der Waals surface area contributed by atoms with Crippen molar-refractivity contribution >= 4 is 10.9 Å². The van der Waals surface area contributed by atoms with E-state index in [9.17, 15) is 4.39 Å². The zero-order valence-electron chi connectivity index (χ0n) is 12.8. The number of rotatable bonds is 4. The number of nitrogens with zero attached hydrogens (tertiary/aromatic N) is 5. The third-order valence-electron chi connectivity index (χ3n) is 4.54. The smallest absolute Gasteiger partial charge is 0.137 e. The molecular formula is C17H18FN5. The van der Waals surface area contributed by atoms with E-state index in [4.69, 9.17) is 0 Å². The fraction of sp³-hybridized carbons (Fsp3) is 0.353. The minimum Gasteiger partial charge on any atom is -0.294 e. The highest BCUT2D eigenvalue weighted by Gasteiger charge is 2.25. The Balaban J connectivity index is 1.59. The summed E-state index contributed by atoms with van der Waals surface area (Å²) in [7, 11) is 0. The molecule has 0 amide bonds. The predicted molar refractivity (Wildman–Crippen MR) is 85.2 cm³/mol. The zero-order chi connectivity index (χ0) is 15.6. The van der Waals surface area contributed by atoms with Gasteiger partial charge in [-0.15, -0.1) is 0 Å². The van der Waals surface area contributed by atoms with Gasteiger partial charge in [-0.25, -0.2) is 9.37 Å². The predicted octanol–water partition coefficient (Wildman–Crippen LogP) is 2.63. The molecule has 23 heavy (non-hydrogen) atoms. The number of likely N-dealkylation sites (tertiary alicyclic amines) is 1. The van der Waals surface area contributed by atoms with Gasteiger partial charge in [0.15, 0.2) is 0 Å². The van der Waals surface area contributed by atoms with Gasteiger partial charge in [-0.3, -0.25) is 14.6 Å². The number of hydrogen-bond acceptors (Lipinski definition) is 4. The maximum atomic E-state index is 13.9. The Kier molecular flexibility index (Phi) is 3.75. The molecule has 2 aromatic heterocycles. The molecule has 0 bridgehead atoms. The number of aromatic nitrogens is 4. The van der Waals surface area contributed by atoms with Gasteiger partial charge in [0, 0.05) is 24.2 Å². The van der Waals surface area contributed by atoms with Crippen molar-refractivity contribution in [1.82, 2.24) is 24.6 Å². The van der Waals surface area contributed by atoms with E-state index in [1.807, 2.05) is 10.7 Å². The van der Waals surface area contributed by atoms with E-state index in [0.717, 1.165) is 37.1 Å². The van der Waals surface area contributed by atoms with Crippen molar-refractivity contribution in [2.45, 2.75) is 32.0 Å². The van der Waals surface area contributed by atoms with Gasteiger partial charge in [0.1, 0.15) is 18.5 Å². The topological polar surface area (TPSA) is 46.8 Å². The summed E-state index contributed by atoms with van der Waals surface area (Å²) in [6.45, 7) is 2.67. The summed E-state index contributed by atoms with van der Waals surface area (Å²) < 4.78 is 15.8. The van der Waals surface area contributed by atoms with Crippen LogP contribution in [0.1, 0.15) is 18.4 Å². The van der Waals surface area contributed by atoms with Gasteiger partial charge in [-0.2, -0.15) is 5.10 Å². The lowest BCUT2D eigenvalue weighted by Crippen LogP contribution is -2.32. The monoisotopic (exact) mass is 311 g/mol. The van der Waals surface area contributed by atoms with E-state index < -0.39 is 0 Å². The summed E-state index contributed by atoms with van der Waals surface area (Å²) in [5.74, 6) is -0.211. The van der Waals surface area contributed by atoms with Crippen LogP contribution in [0.25, 0.3) is 10.9 Å². The molecule has 0 unspecified atom stereocenters. The highest BCUT2D eigenvalue weighted by atomic mass is 19.1. The number of halogens is 1. The van der Waals surface area contributed by atoms with Crippen LogP contribution >= 0.6 is 0 Å². The molecule has 4 rings (SSSR count). The molecule has 0 spiro atoms. The summed E-state index contributed by atoms with van der Waals surface area (Å²) in [5, 5.41) is 4.79. The maximum absolute atomic E-state index is 13.9. The van der Waals surface area contributed by atoms with Crippen LogP contribution in [0.4, 0.5) is 4.39 Å². The van der Waals surface area contributed by atoms with Crippen LogP contribution in [-0.2, 0) is 13.1 Å². The fourth-order valence-electron chi connectivity index (χ4n) is 3.40. The van der Waals surface area contributed by atoms with Gasteiger partial charge in [0.2, 0.25) is 0 Å². The largest absolute Gasteiger partial charge is 0.294 e. The maximum Gasteiger partial charge on any atom is 0.137 e. The summed E-state index contributed by atoms with van der Waals surface area (Å²) >= 11 is 0. The Labute approximate surface area is 133 Å². The molecular weight excluding hydrogens is 293 g/mol. The summed E-state index contributed by atoms with van der Waals surface area (Å²) in [5.41, 5.74) is 1.84. The molecule has 3 heterocycles. The first kappa shape index (κ1) is 14.3. The van der Waals surface area contributed by atoms with Crippen LogP contribution in [-0.4, -0.2) is 37.2 Å². The van der Waals surface area contributed by atoms with Crippen molar-refractivity contribution in [3.8, 4) is 0 Å². The van der Waals surface area contributed by atoms with Crippen LogP contribution in [0, 0.1) is 5.82 Å². The van der Waals surface area contributed by atoms with Crippen molar-refractivity contribution in [2.75, 3.05) is 6.54 Å². The fourth-order valence-corrected chi connectivity index (χ4v) is 3.40. The second kappa shape index (κ2) is 6.04. The molecule has 0 aliphatic carbocycles. The molecule has 0 saturated carbocycles. The van der Waals surface area contributed by atoms with Crippen LogP contribution in [0.5, 0.6) is 0 Å². The lowest BCUT2D eigenvalue weighted by molar-refractivity contribution is 0.219. The van der Waals surface area contributed by atoms with Crippen molar-refractivity contribution in [3.63, 3.8) is 0 Å². The third kappa shape index (κ3) is 2.82. The van der Waals surface area contributed by atoms with Gasteiger partial charge in [0.25, 0.3) is 0 Å². The summed E-state index contributed by atoms with van der Waals surface area (Å²) in [4.78, 5) is 10.8. The van der Waals surface area contributed by atoms with E-state index in [2.05, 4.69) is 20.0 Å².